The van der Waals surface area contributed by atoms with Gasteiger partial charge < -0.3 is 0 Å². The summed E-state index contributed by atoms with van der Waals surface area (Å²) in [4.78, 5) is 4.76. The fourth-order valence-corrected chi connectivity index (χ4v) is 1.99. The van der Waals surface area contributed by atoms with Crippen LogP contribution in [0.4, 0.5) is 0 Å². The SMILES string of the molecule is Cc1ccc(C(=S)c2cccnc2Cl)cc1. The van der Waals surface area contributed by atoms with Crippen molar-refractivity contribution in [3.05, 3.63) is 64.4 Å². The van der Waals surface area contributed by atoms with Crippen molar-refractivity contribution >= 4 is 28.7 Å². The quantitative estimate of drug-likeness (QED) is 0.455. The summed E-state index contributed by atoms with van der Waals surface area (Å²) in [6.07, 6.45) is 1.66. The topological polar surface area (TPSA) is 12.9 Å². The predicted octanol–water partition coefficient (Wildman–Crippen LogP) is 3.81. The number of benzene rings is 1. The van der Waals surface area contributed by atoms with Crippen molar-refractivity contribution in [3.8, 4) is 0 Å². The third kappa shape index (κ3) is 2.29. The van der Waals surface area contributed by atoms with Crippen LogP contribution in [-0.4, -0.2) is 9.85 Å². The molecule has 0 unspecified atom stereocenters. The molecule has 80 valence electrons. The normalized spacial score (nSPS) is 10.1. The van der Waals surface area contributed by atoms with Crippen molar-refractivity contribution in [2.75, 3.05) is 0 Å². The van der Waals surface area contributed by atoms with Crippen LogP contribution in [0, 0.1) is 6.92 Å². The second-order valence-corrected chi connectivity index (χ2v) is 4.30. The lowest BCUT2D eigenvalue weighted by Crippen LogP contribution is -2.01. The molecular weight excluding hydrogens is 238 g/mol. The molecule has 1 nitrogen and oxygen atoms in total. The van der Waals surface area contributed by atoms with Crippen LogP contribution in [0.2, 0.25) is 5.15 Å². The molecule has 16 heavy (non-hydrogen) atoms. The van der Waals surface area contributed by atoms with E-state index in [2.05, 4.69) is 4.98 Å². The first kappa shape index (κ1) is 11.2. The smallest absolute Gasteiger partial charge is 0.137 e. The zero-order valence-corrected chi connectivity index (χ0v) is 10.3. The molecule has 1 aromatic carbocycles. The minimum Gasteiger partial charge on any atom is -0.244 e. The largest absolute Gasteiger partial charge is 0.244 e. The Kier molecular flexibility index (Phi) is 3.32. The molecule has 0 fully saturated rings. The van der Waals surface area contributed by atoms with Crippen LogP contribution in [0.25, 0.3) is 0 Å². The fourth-order valence-electron chi connectivity index (χ4n) is 1.42. The van der Waals surface area contributed by atoms with Crippen LogP contribution >= 0.6 is 23.8 Å². The van der Waals surface area contributed by atoms with E-state index in [0.29, 0.717) is 5.15 Å². The van der Waals surface area contributed by atoms with Crippen molar-refractivity contribution in [1.82, 2.24) is 4.98 Å². The van der Waals surface area contributed by atoms with Crippen LogP contribution < -0.4 is 0 Å². The van der Waals surface area contributed by atoms with Gasteiger partial charge in [-0.1, -0.05) is 53.6 Å². The Morgan fingerprint density at radius 2 is 1.88 bits per heavy atom. The van der Waals surface area contributed by atoms with Gasteiger partial charge in [0.05, 0.1) is 4.86 Å². The first-order valence-corrected chi connectivity index (χ1v) is 5.69. The summed E-state index contributed by atoms with van der Waals surface area (Å²) in [6.45, 7) is 2.05. The highest BCUT2D eigenvalue weighted by molar-refractivity contribution is 7.81. The van der Waals surface area contributed by atoms with Crippen LogP contribution in [0.3, 0.4) is 0 Å². The van der Waals surface area contributed by atoms with E-state index in [-0.39, 0.29) is 0 Å². The number of pyridine rings is 1. The molecule has 0 N–H and O–H groups in total. The maximum absolute atomic E-state index is 6.00. The Balaban J connectivity index is 2.40. The van der Waals surface area contributed by atoms with E-state index >= 15 is 0 Å². The number of thiocarbonyl (C=S) groups is 1. The second kappa shape index (κ2) is 4.73. The molecule has 0 aliphatic rings. The van der Waals surface area contributed by atoms with Gasteiger partial charge in [-0.25, -0.2) is 4.98 Å². The standard InChI is InChI=1S/C13H10ClNS/c1-9-4-6-10(7-5-9)12(16)11-3-2-8-15-13(11)14/h2-8H,1H3. The summed E-state index contributed by atoms with van der Waals surface area (Å²) in [5.74, 6) is 0. The number of aryl methyl sites for hydroxylation is 1. The molecule has 1 heterocycles. The van der Waals surface area contributed by atoms with Crippen molar-refractivity contribution in [2.45, 2.75) is 6.92 Å². The van der Waals surface area contributed by atoms with E-state index in [1.807, 2.05) is 43.3 Å². The van der Waals surface area contributed by atoms with Gasteiger partial charge in [0.25, 0.3) is 0 Å². The number of aromatic nitrogens is 1. The van der Waals surface area contributed by atoms with Gasteiger partial charge >= 0.3 is 0 Å². The molecule has 0 atom stereocenters. The van der Waals surface area contributed by atoms with Gasteiger partial charge in [-0.15, -0.1) is 0 Å². The van der Waals surface area contributed by atoms with E-state index in [0.717, 1.165) is 16.0 Å². The van der Waals surface area contributed by atoms with Crippen molar-refractivity contribution in [1.29, 1.82) is 0 Å². The molecule has 0 saturated carbocycles. The third-order valence-electron chi connectivity index (χ3n) is 2.32. The lowest BCUT2D eigenvalue weighted by atomic mass is 10.1. The minimum absolute atomic E-state index is 0.452. The number of nitrogens with zero attached hydrogens (tertiary/aromatic N) is 1. The van der Waals surface area contributed by atoms with Gasteiger partial charge in [0.15, 0.2) is 0 Å². The summed E-state index contributed by atoms with van der Waals surface area (Å²) < 4.78 is 0. The Labute approximate surface area is 105 Å². The average Bonchev–Trinajstić information content (AvgIpc) is 2.30. The van der Waals surface area contributed by atoms with Crippen molar-refractivity contribution in [2.24, 2.45) is 0 Å². The lowest BCUT2D eigenvalue weighted by molar-refractivity contribution is 1.32. The molecule has 0 aliphatic heterocycles. The maximum Gasteiger partial charge on any atom is 0.137 e. The van der Waals surface area contributed by atoms with Gasteiger partial charge in [0, 0.05) is 11.8 Å². The summed E-state index contributed by atoms with van der Waals surface area (Å²) >= 11 is 11.4. The predicted molar refractivity (Wildman–Crippen MR) is 71.2 cm³/mol. The summed E-state index contributed by atoms with van der Waals surface area (Å²) in [7, 11) is 0. The van der Waals surface area contributed by atoms with E-state index in [9.17, 15) is 0 Å². The molecule has 0 saturated heterocycles. The molecule has 1 aromatic heterocycles. The fraction of sp³-hybridized carbons (Fsp3) is 0.0769. The number of halogens is 1. The summed E-state index contributed by atoms with van der Waals surface area (Å²) in [6, 6.07) is 11.8. The number of rotatable bonds is 2. The van der Waals surface area contributed by atoms with Gasteiger partial charge in [-0.3, -0.25) is 0 Å². The molecule has 2 rings (SSSR count). The van der Waals surface area contributed by atoms with Gasteiger partial charge in [-0.05, 0) is 24.6 Å². The molecular formula is C13H10ClNS. The summed E-state index contributed by atoms with van der Waals surface area (Å²) in [5, 5.41) is 0.452. The van der Waals surface area contributed by atoms with E-state index in [4.69, 9.17) is 23.8 Å². The van der Waals surface area contributed by atoms with Gasteiger partial charge in [0.2, 0.25) is 0 Å². The van der Waals surface area contributed by atoms with Crippen LogP contribution in [-0.2, 0) is 0 Å². The van der Waals surface area contributed by atoms with E-state index in [1.54, 1.807) is 6.20 Å². The molecule has 0 spiro atoms. The summed E-state index contributed by atoms with van der Waals surface area (Å²) in [5.41, 5.74) is 3.02. The third-order valence-corrected chi connectivity index (χ3v) is 3.07. The Morgan fingerprint density at radius 3 is 2.50 bits per heavy atom. The second-order valence-electron chi connectivity index (χ2n) is 3.54. The number of hydrogen-bond acceptors (Lipinski definition) is 2. The zero-order valence-electron chi connectivity index (χ0n) is 8.77. The van der Waals surface area contributed by atoms with Crippen molar-refractivity contribution < 1.29 is 0 Å². The molecule has 3 heteroatoms. The number of hydrogen-bond donors (Lipinski definition) is 0. The maximum atomic E-state index is 6.00. The Bertz CT molecular complexity index is 520. The Morgan fingerprint density at radius 1 is 1.19 bits per heavy atom. The van der Waals surface area contributed by atoms with E-state index in [1.165, 1.54) is 5.56 Å². The lowest BCUT2D eigenvalue weighted by Gasteiger charge is -2.05. The molecule has 0 amide bonds. The van der Waals surface area contributed by atoms with Gasteiger partial charge in [0.1, 0.15) is 5.15 Å². The Hall–Kier alpha value is -1.25. The first-order chi connectivity index (χ1) is 7.68. The zero-order chi connectivity index (χ0) is 11.5. The minimum atomic E-state index is 0.452. The average molecular weight is 248 g/mol. The molecule has 0 bridgehead atoms. The van der Waals surface area contributed by atoms with Crippen LogP contribution in [0.15, 0.2) is 42.6 Å². The van der Waals surface area contributed by atoms with E-state index < -0.39 is 0 Å². The molecule has 2 aromatic rings. The van der Waals surface area contributed by atoms with Crippen LogP contribution in [0.5, 0.6) is 0 Å². The first-order valence-electron chi connectivity index (χ1n) is 4.90. The molecule has 0 radical (unpaired) electrons. The highest BCUT2D eigenvalue weighted by atomic mass is 35.5. The monoisotopic (exact) mass is 247 g/mol. The van der Waals surface area contributed by atoms with Crippen LogP contribution in [0.1, 0.15) is 16.7 Å². The highest BCUT2D eigenvalue weighted by Gasteiger charge is 2.08. The molecule has 0 aliphatic carbocycles. The van der Waals surface area contributed by atoms with Gasteiger partial charge in [-0.2, -0.15) is 0 Å². The van der Waals surface area contributed by atoms with Crippen molar-refractivity contribution in [3.63, 3.8) is 0 Å². The highest BCUT2D eigenvalue weighted by Crippen LogP contribution is 2.18.